The van der Waals surface area contributed by atoms with Crippen molar-refractivity contribution in [2.24, 2.45) is 17.4 Å². The van der Waals surface area contributed by atoms with Crippen LogP contribution in [0.2, 0.25) is 0 Å². The fourth-order valence-corrected chi connectivity index (χ4v) is 4.35. The first-order valence-corrected chi connectivity index (χ1v) is 11.0. The SMILES string of the molecule is CCC(N)(c1cccc(OC)c1)N(C(=O)C1CCC1)C(N)(CC)c1cccc(OC)c1. The Hall–Kier alpha value is -2.57. The van der Waals surface area contributed by atoms with E-state index in [2.05, 4.69) is 0 Å². The molecule has 2 unspecified atom stereocenters. The first-order chi connectivity index (χ1) is 14.8. The lowest BCUT2D eigenvalue weighted by Gasteiger charge is -2.53. The second-order valence-corrected chi connectivity index (χ2v) is 8.32. The number of nitrogens with zero attached hydrogens (tertiary/aromatic N) is 1. The Labute approximate surface area is 185 Å². The van der Waals surface area contributed by atoms with Crippen LogP contribution in [-0.2, 0) is 16.1 Å². The molecule has 2 atom stereocenters. The lowest BCUT2D eigenvalue weighted by Crippen LogP contribution is -2.68. The molecule has 4 N–H and O–H groups in total. The summed E-state index contributed by atoms with van der Waals surface area (Å²) in [6, 6.07) is 15.2. The summed E-state index contributed by atoms with van der Waals surface area (Å²) < 4.78 is 10.9. The van der Waals surface area contributed by atoms with Crippen molar-refractivity contribution in [1.29, 1.82) is 0 Å². The molecule has 1 fully saturated rings. The smallest absolute Gasteiger partial charge is 0.229 e. The fourth-order valence-electron chi connectivity index (χ4n) is 4.35. The molecule has 0 radical (unpaired) electrons. The molecule has 0 heterocycles. The van der Waals surface area contributed by atoms with Gasteiger partial charge in [0.05, 0.1) is 14.2 Å². The highest BCUT2D eigenvalue weighted by Gasteiger charge is 2.50. The molecule has 3 rings (SSSR count). The number of hydrogen-bond acceptors (Lipinski definition) is 5. The summed E-state index contributed by atoms with van der Waals surface area (Å²) in [5.74, 6) is 1.33. The monoisotopic (exact) mass is 425 g/mol. The maximum absolute atomic E-state index is 13.9. The number of ether oxygens (including phenoxy) is 2. The normalized spacial score (nSPS) is 17.7. The zero-order valence-corrected chi connectivity index (χ0v) is 19.1. The molecule has 168 valence electrons. The molecule has 1 aliphatic carbocycles. The highest BCUT2D eigenvalue weighted by atomic mass is 16.5. The standard InChI is InChI=1S/C25H35N3O3/c1-5-24(26,19-12-8-14-21(16-19)30-3)28(23(29)18-10-7-11-18)25(27,6-2)20-13-9-15-22(17-20)31-4/h8-9,12-18H,5-7,10-11,26-27H2,1-4H3. The summed E-state index contributed by atoms with van der Waals surface area (Å²) in [4.78, 5) is 15.6. The number of carbonyl (C=O) groups is 1. The van der Waals surface area contributed by atoms with Gasteiger partial charge in [0, 0.05) is 5.92 Å². The van der Waals surface area contributed by atoms with Gasteiger partial charge in [0.2, 0.25) is 5.91 Å². The Kier molecular flexibility index (Phi) is 6.92. The molecule has 1 aliphatic rings. The molecule has 0 aromatic heterocycles. The zero-order valence-electron chi connectivity index (χ0n) is 19.1. The molecule has 6 nitrogen and oxygen atoms in total. The molecule has 0 bridgehead atoms. The van der Waals surface area contributed by atoms with Crippen molar-refractivity contribution >= 4 is 5.91 Å². The largest absolute Gasteiger partial charge is 0.497 e. The van der Waals surface area contributed by atoms with Gasteiger partial charge in [0.1, 0.15) is 22.8 Å². The third-order valence-corrected chi connectivity index (χ3v) is 6.69. The summed E-state index contributed by atoms with van der Waals surface area (Å²) in [6.07, 6.45) is 3.79. The molecule has 0 aliphatic heterocycles. The minimum atomic E-state index is -1.10. The van der Waals surface area contributed by atoms with E-state index in [1.54, 1.807) is 19.1 Å². The minimum Gasteiger partial charge on any atom is -0.497 e. The number of amides is 1. The van der Waals surface area contributed by atoms with E-state index < -0.39 is 11.3 Å². The van der Waals surface area contributed by atoms with Crippen LogP contribution in [0.3, 0.4) is 0 Å². The van der Waals surface area contributed by atoms with Crippen molar-refractivity contribution in [1.82, 2.24) is 4.90 Å². The number of benzene rings is 2. The fraction of sp³-hybridized carbons (Fsp3) is 0.480. The van der Waals surface area contributed by atoms with Crippen LogP contribution in [0.25, 0.3) is 0 Å². The van der Waals surface area contributed by atoms with E-state index in [0.717, 1.165) is 30.4 Å². The van der Waals surface area contributed by atoms with Gasteiger partial charge in [-0.05, 0) is 61.1 Å². The van der Waals surface area contributed by atoms with E-state index in [4.69, 9.17) is 20.9 Å². The topological polar surface area (TPSA) is 90.8 Å². The number of hydrogen-bond donors (Lipinski definition) is 2. The first kappa shape index (κ1) is 23.1. The van der Waals surface area contributed by atoms with E-state index >= 15 is 0 Å². The van der Waals surface area contributed by atoms with E-state index in [1.807, 2.05) is 62.4 Å². The second kappa shape index (κ2) is 9.28. The molecule has 31 heavy (non-hydrogen) atoms. The Morgan fingerprint density at radius 3 is 1.71 bits per heavy atom. The average Bonchev–Trinajstić information content (AvgIpc) is 2.77. The van der Waals surface area contributed by atoms with Gasteiger partial charge in [0.25, 0.3) is 0 Å². The molecule has 2 aromatic carbocycles. The molecule has 0 saturated heterocycles. The Bertz CT molecular complexity index is 853. The average molecular weight is 426 g/mol. The van der Waals surface area contributed by atoms with Gasteiger partial charge in [-0.25, -0.2) is 0 Å². The maximum Gasteiger partial charge on any atom is 0.229 e. The summed E-state index contributed by atoms with van der Waals surface area (Å²) in [7, 11) is 3.24. The molecular formula is C25H35N3O3. The van der Waals surface area contributed by atoms with Crippen molar-refractivity contribution in [3.05, 3.63) is 59.7 Å². The van der Waals surface area contributed by atoms with Crippen molar-refractivity contribution in [2.45, 2.75) is 57.3 Å². The molecule has 2 aromatic rings. The lowest BCUT2D eigenvalue weighted by molar-refractivity contribution is -0.158. The van der Waals surface area contributed by atoms with Crippen LogP contribution < -0.4 is 20.9 Å². The first-order valence-electron chi connectivity index (χ1n) is 11.0. The number of methoxy groups -OCH3 is 2. The molecular weight excluding hydrogens is 390 g/mol. The van der Waals surface area contributed by atoms with Crippen LogP contribution in [0.1, 0.15) is 57.1 Å². The third kappa shape index (κ3) is 4.14. The van der Waals surface area contributed by atoms with E-state index in [0.29, 0.717) is 24.3 Å². The third-order valence-electron chi connectivity index (χ3n) is 6.69. The van der Waals surface area contributed by atoms with Gasteiger partial charge < -0.3 is 20.9 Å². The number of rotatable bonds is 9. The molecule has 1 saturated carbocycles. The van der Waals surface area contributed by atoms with Crippen LogP contribution >= 0.6 is 0 Å². The van der Waals surface area contributed by atoms with Gasteiger partial charge in [-0.3, -0.25) is 9.69 Å². The van der Waals surface area contributed by atoms with Crippen LogP contribution in [-0.4, -0.2) is 25.0 Å². The minimum absolute atomic E-state index is 0.00518. The van der Waals surface area contributed by atoms with Gasteiger partial charge >= 0.3 is 0 Å². The number of nitrogens with two attached hydrogens (primary N) is 2. The Morgan fingerprint density at radius 2 is 1.39 bits per heavy atom. The zero-order chi connectivity index (χ0) is 22.6. The lowest BCUT2D eigenvalue weighted by atomic mass is 9.80. The summed E-state index contributed by atoms with van der Waals surface area (Å²) >= 11 is 0. The van der Waals surface area contributed by atoms with Gasteiger partial charge in [-0.2, -0.15) is 0 Å². The quantitative estimate of drug-likeness (QED) is 0.591. The highest BCUT2D eigenvalue weighted by Crippen LogP contribution is 2.43. The molecule has 6 heteroatoms. The van der Waals surface area contributed by atoms with Gasteiger partial charge in [0.15, 0.2) is 0 Å². The van der Waals surface area contributed by atoms with E-state index in [9.17, 15) is 4.79 Å². The van der Waals surface area contributed by atoms with Crippen molar-refractivity contribution < 1.29 is 14.3 Å². The summed E-state index contributed by atoms with van der Waals surface area (Å²) in [6.45, 7) is 3.98. The molecule has 1 amide bonds. The summed E-state index contributed by atoms with van der Waals surface area (Å²) in [5.41, 5.74) is 13.6. The van der Waals surface area contributed by atoms with Crippen LogP contribution in [0.5, 0.6) is 11.5 Å². The van der Waals surface area contributed by atoms with Crippen molar-refractivity contribution in [3.63, 3.8) is 0 Å². The van der Waals surface area contributed by atoms with Gasteiger partial charge in [-0.1, -0.05) is 44.5 Å². The van der Waals surface area contributed by atoms with E-state index in [-0.39, 0.29) is 11.8 Å². The van der Waals surface area contributed by atoms with Crippen LogP contribution in [0.4, 0.5) is 0 Å². The van der Waals surface area contributed by atoms with Gasteiger partial charge in [-0.15, -0.1) is 0 Å². The van der Waals surface area contributed by atoms with Crippen molar-refractivity contribution in [3.8, 4) is 11.5 Å². The predicted octanol–water partition coefficient (Wildman–Crippen LogP) is 4.08. The van der Waals surface area contributed by atoms with Crippen LogP contribution in [0.15, 0.2) is 48.5 Å². The Morgan fingerprint density at radius 1 is 0.935 bits per heavy atom. The molecule has 0 spiro atoms. The summed E-state index contributed by atoms with van der Waals surface area (Å²) in [5, 5.41) is 0. The second-order valence-electron chi connectivity index (χ2n) is 8.32. The number of carbonyl (C=O) groups excluding carboxylic acids is 1. The highest BCUT2D eigenvalue weighted by molar-refractivity contribution is 5.81. The van der Waals surface area contributed by atoms with Crippen LogP contribution in [0, 0.1) is 5.92 Å². The van der Waals surface area contributed by atoms with E-state index in [1.165, 1.54) is 0 Å². The Balaban J connectivity index is 2.21. The predicted molar refractivity (Wildman–Crippen MR) is 122 cm³/mol. The van der Waals surface area contributed by atoms with Crippen molar-refractivity contribution in [2.75, 3.05) is 14.2 Å². The maximum atomic E-state index is 13.9.